The number of carbonyl (C=O) groups excluding carboxylic acids is 1. The molecule has 0 fully saturated rings. The van der Waals surface area contributed by atoms with Gasteiger partial charge in [-0.3, -0.25) is 14.9 Å². The number of nitrogens with one attached hydrogen (secondary N) is 1. The molecule has 1 atom stereocenters. The summed E-state index contributed by atoms with van der Waals surface area (Å²) >= 11 is 5.94. The van der Waals surface area contributed by atoms with Crippen LogP contribution < -0.4 is 14.8 Å². The number of nitro groups is 1. The number of para-hydroxylation sites is 2. The number of non-ortho nitro benzene ring substituents is 1. The molecule has 0 aliphatic carbocycles. The van der Waals surface area contributed by atoms with Gasteiger partial charge in [0, 0.05) is 12.1 Å². The van der Waals surface area contributed by atoms with Gasteiger partial charge < -0.3 is 14.8 Å². The van der Waals surface area contributed by atoms with Crippen LogP contribution in [0, 0.1) is 10.1 Å². The Bertz CT molecular complexity index is 796. The second-order valence-electron chi connectivity index (χ2n) is 5.13. The Morgan fingerprint density at radius 1 is 1.29 bits per heavy atom. The number of amides is 1. The van der Waals surface area contributed by atoms with Gasteiger partial charge in [-0.1, -0.05) is 23.7 Å². The molecule has 0 unspecified atom stereocenters. The lowest BCUT2D eigenvalue weighted by atomic mass is 10.2. The maximum atomic E-state index is 12.2. The molecule has 0 spiro atoms. The molecule has 0 saturated heterocycles. The smallest absolute Gasteiger partial charge is 0.270 e. The Kier molecular flexibility index (Phi) is 4.52. The van der Waals surface area contributed by atoms with Crippen molar-refractivity contribution in [1.82, 2.24) is 5.32 Å². The molecule has 1 N–H and O–H groups in total. The summed E-state index contributed by atoms with van der Waals surface area (Å²) in [4.78, 5) is 22.4. The fraction of sp³-hybridized carbons (Fsp3) is 0.188. The number of rotatable bonds is 4. The van der Waals surface area contributed by atoms with Gasteiger partial charge in [-0.05, 0) is 18.2 Å². The Labute approximate surface area is 142 Å². The molecule has 8 heteroatoms. The van der Waals surface area contributed by atoms with Crippen LogP contribution in [0.5, 0.6) is 11.5 Å². The van der Waals surface area contributed by atoms with Crippen molar-refractivity contribution >= 4 is 23.2 Å². The summed E-state index contributed by atoms with van der Waals surface area (Å²) in [6.45, 7) is 0.478. The first kappa shape index (κ1) is 16.1. The zero-order valence-corrected chi connectivity index (χ0v) is 13.2. The topological polar surface area (TPSA) is 90.7 Å². The van der Waals surface area contributed by atoms with Crippen molar-refractivity contribution in [3.8, 4) is 11.5 Å². The van der Waals surface area contributed by atoms with E-state index < -0.39 is 10.8 Å². The van der Waals surface area contributed by atoms with Gasteiger partial charge in [0.25, 0.3) is 11.6 Å². The number of fused-ring (bicyclic) bond motifs is 1. The molecule has 124 valence electrons. The van der Waals surface area contributed by atoms with Crippen molar-refractivity contribution in [3.63, 3.8) is 0 Å². The Hall–Kier alpha value is -2.80. The first-order valence-corrected chi connectivity index (χ1v) is 7.53. The molecule has 1 amide bonds. The minimum absolute atomic E-state index is 0.0444. The third-order valence-electron chi connectivity index (χ3n) is 3.46. The number of ether oxygens (including phenoxy) is 2. The zero-order chi connectivity index (χ0) is 17.1. The molecular formula is C16H13ClN2O5. The fourth-order valence-electron chi connectivity index (χ4n) is 2.27. The Morgan fingerprint density at radius 2 is 2.04 bits per heavy atom. The highest BCUT2D eigenvalue weighted by atomic mass is 35.5. The van der Waals surface area contributed by atoms with E-state index >= 15 is 0 Å². The lowest BCUT2D eigenvalue weighted by molar-refractivity contribution is -0.384. The maximum absolute atomic E-state index is 12.2. The van der Waals surface area contributed by atoms with E-state index in [1.165, 1.54) is 12.1 Å². The van der Waals surface area contributed by atoms with Gasteiger partial charge in [0.1, 0.15) is 12.7 Å². The fourth-order valence-corrected chi connectivity index (χ4v) is 2.47. The van der Waals surface area contributed by atoms with Crippen molar-refractivity contribution in [2.24, 2.45) is 0 Å². The van der Waals surface area contributed by atoms with Gasteiger partial charge in [0.15, 0.2) is 11.5 Å². The van der Waals surface area contributed by atoms with Gasteiger partial charge in [-0.25, -0.2) is 0 Å². The van der Waals surface area contributed by atoms with E-state index in [-0.39, 0.29) is 28.9 Å². The second-order valence-corrected chi connectivity index (χ2v) is 5.54. The molecule has 2 aromatic rings. The number of carbonyl (C=O) groups is 1. The molecule has 3 rings (SSSR count). The molecule has 0 radical (unpaired) electrons. The summed E-state index contributed by atoms with van der Waals surface area (Å²) < 4.78 is 11.3. The van der Waals surface area contributed by atoms with Gasteiger partial charge in [-0.15, -0.1) is 0 Å². The van der Waals surface area contributed by atoms with Crippen LogP contribution in [0.25, 0.3) is 0 Å². The van der Waals surface area contributed by atoms with Crippen LogP contribution in [0.4, 0.5) is 5.69 Å². The third-order valence-corrected chi connectivity index (χ3v) is 3.79. The summed E-state index contributed by atoms with van der Waals surface area (Å²) in [6, 6.07) is 11.0. The van der Waals surface area contributed by atoms with Crippen LogP contribution >= 0.6 is 11.6 Å². The molecule has 0 saturated carbocycles. The standard InChI is InChI=1S/C16H13ClN2O5/c17-13-6-5-10(19(21)22)7-12(13)16(20)18-8-11-9-23-14-3-1-2-4-15(14)24-11/h1-7,11H,8-9H2,(H,18,20)/t11-/m1/s1. The van der Waals surface area contributed by atoms with Gasteiger partial charge in [-0.2, -0.15) is 0 Å². The van der Waals surface area contributed by atoms with Crippen molar-refractivity contribution in [2.75, 3.05) is 13.2 Å². The summed E-state index contributed by atoms with van der Waals surface area (Å²) in [6.07, 6.45) is -0.360. The predicted molar refractivity (Wildman–Crippen MR) is 86.8 cm³/mol. The summed E-state index contributed by atoms with van der Waals surface area (Å²) in [7, 11) is 0. The van der Waals surface area contributed by atoms with Gasteiger partial charge >= 0.3 is 0 Å². The second kappa shape index (κ2) is 6.76. The Balaban J connectivity index is 1.64. The van der Waals surface area contributed by atoms with Crippen LogP contribution in [-0.2, 0) is 0 Å². The minimum Gasteiger partial charge on any atom is -0.486 e. The van der Waals surface area contributed by atoms with Crippen LogP contribution in [0.15, 0.2) is 42.5 Å². The van der Waals surface area contributed by atoms with E-state index in [4.69, 9.17) is 21.1 Å². The van der Waals surface area contributed by atoms with Crippen LogP contribution in [0.1, 0.15) is 10.4 Å². The number of nitro benzene ring substituents is 1. The average molecular weight is 349 g/mol. The van der Waals surface area contributed by atoms with E-state index in [0.717, 1.165) is 6.07 Å². The zero-order valence-electron chi connectivity index (χ0n) is 12.4. The van der Waals surface area contributed by atoms with Crippen molar-refractivity contribution in [1.29, 1.82) is 0 Å². The molecular weight excluding hydrogens is 336 g/mol. The SMILES string of the molecule is O=C(NC[C@@H]1COc2ccccc2O1)c1cc([N+](=O)[O-])ccc1Cl. The van der Waals surface area contributed by atoms with Crippen molar-refractivity contribution in [3.05, 3.63) is 63.2 Å². The van der Waals surface area contributed by atoms with Gasteiger partial charge in [0.2, 0.25) is 0 Å². The van der Waals surface area contributed by atoms with E-state index in [2.05, 4.69) is 5.32 Å². The summed E-state index contributed by atoms with van der Waals surface area (Å²) in [5.41, 5.74) is -0.154. The van der Waals surface area contributed by atoms with E-state index in [9.17, 15) is 14.9 Å². The predicted octanol–water partition coefficient (Wildman–Crippen LogP) is 2.82. The largest absolute Gasteiger partial charge is 0.486 e. The average Bonchev–Trinajstić information content (AvgIpc) is 2.59. The molecule has 24 heavy (non-hydrogen) atoms. The van der Waals surface area contributed by atoms with Gasteiger partial charge in [0.05, 0.1) is 22.1 Å². The van der Waals surface area contributed by atoms with Crippen molar-refractivity contribution < 1.29 is 19.2 Å². The highest BCUT2D eigenvalue weighted by Crippen LogP contribution is 2.30. The molecule has 2 aromatic carbocycles. The number of halogens is 1. The maximum Gasteiger partial charge on any atom is 0.270 e. The monoisotopic (exact) mass is 348 g/mol. The summed E-state index contributed by atoms with van der Waals surface area (Å²) in [5.74, 6) is 0.754. The number of benzene rings is 2. The normalized spacial score (nSPS) is 15.6. The molecule has 0 bridgehead atoms. The first-order valence-electron chi connectivity index (χ1n) is 7.15. The third kappa shape index (κ3) is 3.41. The van der Waals surface area contributed by atoms with Crippen LogP contribution in [0.3, 0.4) is 0 Å². The van der Waals surface area contributed by atoms with Crippen molar-refractivity contribution in [2.45, 2.75) is 6.10 Å². The lowest BCUT2D eigenvalue weighted by Gasteiger charge is -2.26. The van der Waals surface area contributed by atoms with Crippen LogP contribution in [-0.4, -0.2) is 30.1 Å². The molecule has 1 aliphatic heterocycles. The molecule has 7 nitrogen and oxygen atoms in total. The summed E-state index contributed by atoms with van der Waals surface area (Å²) in [5, 5.41) is 13.6. The molecule has 0 aromatic heterocycles. The molecule has 1 heterocycles. The highest BCUT2D eigenvalue weighted by molar-refractivity contribution is 6.33. The van der Waals surface area contributed by atoms with E-state index in [1.54, 1.807) is 12.1 Å². The number of nitrogens with zero attached hydrogens (tertiary/aromatic N) is 1. The number of hydrogen-bond donors (Lipinski definition) is 1. The Morgan fingerprint density at radius 3 is 2.79 bits per heavy atom. The lowest BCUT2D eigenvalue weighted by Crippen LogP contribution is -2.40. The van der Waals surface area contributed by atoms with E-state index in [0.29, 0.717) is 18.1 Å². The van der Waals surface area contributed by atoms with Crippen LogP contribution in [0.2, 0.25) is 5.02 Å². The highest BCUT2D eigenvalue weighted by Gasteiger charge is 2.22. The minimum atomic E-state index is -0.581. The molecule has 1 aliphatic rings. The van der Waals surface area contributed by atoms with E-state index in [1.807, 2.05) is 12.1 Å². The quantitative estimate of drug-likeness (QED) is 0.677. The number of hydrogen-bond acceptors (Lipinski definition) is 5. The first-order chi connectivity index (χ1) is 11.5.